The molecule has 0 amide bonds. The number of hydrogen-bond acceptors (Lipinski definition) is 23. The molecule has 0 atom stereocenters. The van der Waals surface area contributed by atoms with Crippen LogP contribution in [-0.4, -0.2) is 106 Å². The highest BCUT2D eigenvalue weighted by Gasteiger charge is 2.19. The number of phenolic OH excluding ortho intramolecular Hbond substituents is 10. The van der Waals surface area contributed by atoms with Gasteiger partial charge < -0.3 is 113 Å². The maximum absolute atomic E-state index is 9.34. The Kier molecular flexibility index (Phi) is 49.7. The van der Waals surface area contributed by atoms with Crippen molar-refractivity contribution in [3.05, 3.63) is 222 Å². The normalized spacial score (nSPS) is 11.1. The Balaban J connectivity index is 0.000000638. The van der Waals surface area contributed by atoms with Crippen LogP contribution in [0, 0.1) is 0 Å². The molecule has 5 heterocycles. The van der Waals surface area contributed by atoms with Gasteiger partial charge in [-0.05, 0) is 167 Å². The molecule has 23 nitrogen and oxygen atoms in total. The van der Waals surface area contributed by atoms with E-state index in [0.29, 0.717) is 80.8 Å². The fourth-order valence-corrected chi connectivity index (χ4v) is 9.35. The van der Waals surface area contributed by atoms with Crippen molar-refractivity contribution < 1.29 is 113 Å². The number of hydrogen-bond donors (Lipinski definition) is 10. The van der Waals surface area contributed by atoms with Gasteiger partial charge in [0.25, 0.3) is 0 Å². The summed E-state index contributed by atoms with van der Waals surface area (Å²) in [7, 11) is 4.41. The van der Waals surface area contributed by atoms with Crippen molar-refractivity contribution in [1.29, 1.82) is 0 Å². The molecule has 0 bridgehead atoms. The third-order valence-corrected chi connectivity index (χ3v) is 15.6. The summed E-state index contributed by atoms with van der Waals surface area (Å²) in [6.07, 6.45) is 0. The number of fused-ring (bicyclic) bond motifs is 5. The quantitative estimate of drug-likeness (QED) is 0.0499. The van der Waals surface area contributed by atoms with E-state index in [1.807, 2.05) is 136 Å². The van der Waals surface area contributed by atoms with E-state index < -0.39 is 17.2 Å². The van der Waals surface area contributed by atoms with E-state index in [-0.39, 0.29) is 40.2 Å². The fraction of sp³-hybridized carbons (Fsp3) is 0.355. The third-order valence-electron chi connectivity index (χ3n) is 15.6. The van der Waals surface area contributed by atoms with E-state index in [9.17, 15) is 5.11 Å². The van der Waals surface area contributed by atoms with Crippen LogP contribution in [0.5, 0.6) is 132 Å². The van der Waals surface area contributed by atoms with Gasteiger partial charge in [0, 0.05) is 12.1 Å². The smallest absolute Gasteiger partial charge is 0.231 e. The van der Waals surface area contributed by atoms with Gasteiger partial charge in [0.1, 0.15) is 11.5 Å². The molecular formula is C93H126O23. The predicted octanol–water partition coefficient (Wildman–Crippen LogP) is 23.3. The Morgan fingerprint density at radius 2 is 0.440 bits per heavy atom. The lowest BCUT2D eigenvalue weighted by atomic mass is 10.0. The first kappa shape index (κ1) is 102. The molecule has 10 aromatic carbocycles. The van der Waals surface area contributed by atoms with Crippen LogP contribution in [0.4, 0.5) is 0 Å². The van der Waals surface area contributed by atoms with E-state index in [2.05, 4.69) is 99.6 Å². The Morgan fingerprint density at radius 3 is 0.655 bits per heavy atom. The molecule has 10 aromatic rings. The lowest BCUT2D eigenvalue weighted by Crippen LogP contribution is -1.93. The van der Waals surface area contributed by atoms with Crippen LogP contribution >= 0.6 is 0 Å². The zero-order chi connectivity index (χ0) is 87.4. The van der Waals surface area contributed by atoms with Crippen LogP contribution in [0.1, 0.15) is 196 Å². The van der Waals surface area contributed by atoms with Gasteiger partial charge in [0.15, 0.2) is 109 Å². The number of benzene rings is 10. The molecule has 0 spiro atoms. The molecule has 15 rings (SSSR count). The molecule has 5 aliphatic rings. The largest absolute Gasteiger partial charge is 0.508 e. The van der Waals surface area contributed by atoms with Crippen LogP contribution < -0.4 is 61.6 Å². The van der Waals surface area contributed by atoms with Gasteiger partial charge in [0.2, 0.25) is 45.5 Å². The summed E-state index contributed by atoms with van der Waals surface area (Å²) in [5.41, 5.74) is 6.45. The second-order valence-corrected chi connectivity index (χ2v) is 24.8. The Labute approximate surface area is 686 Å². The number of rotatable bonds is 8. The molecule has 0 aliphatic carbocycles. The first-order valence-electron chi connectivity index (χ1n) is 38.8. The number of methoxy groups -OCH3 is 3. The zero-order valence-electron chi connectivity index (χ0n) is 71.7. The molecule has 10 N–H and O–H groups in total. The average molecular weight is 1610 g/mol. The summed E-state index contributed by atoms with van der Waals surface area (Å²) >= 11 is 0. The fourth-order valence-electron chi connectivity index (χ4n) is 9.35. The molecule has 23 heteroatoms. The molecule has 636 valence electrons. The second-order valence-electron chi connectivity index (χ2n) is 24.8. The monoisotopic (exact) mass is 1610 g/mol. The second kappa shape index (κ2) is 56.8. The van der Waals surface area contributed by atoms with Crippen LogP contribution in [0.25, 0.3) is 0 Å². The van der Waals surface area contributed by atoms with E-state index >= 15 is 0 Å². The summed E-state index contributed by atoms with van der Waals surface area (Å²) < 4.78 is 66.8. The number of ether oxygens (including phenoxy) is 13. The van der Waals surface area contributed by atoms with Gasteiger partial charge in [-0.15, -0.1) is 0 Å². The van der Waals surface area contributed by atoms with Gasteiger partial charge >= 0.3 is 0 Å². The highest BCUT2D eigenvalue weighted by molar-refractivity contribution is 5.54. The summed E-state index contributed by atoms with van der Waals surface area (Å²) in [5.74, 6) is 10.3. The molecule has 0 radical (unpaired) electrons. The number of aromatic hydroxyl groups is 10. The minimum Gasteiger partial charge on any atom is -0.508 e. The van der Waals surface area contributed by atoms with E-state index in [1.54, 1.807) is 66.7 Å². The van der Waals surface area contributed by atoms with Crippen LogP contribution in [0.15, 0.2) is 194 Å². The molecule has 0 saturated carbocycles. The van der Waals surface area contributed by atoms with Crippen molar-refractivity contribution in [2.24, 2.45) is 0 Å². The first-order chi connectivity index (χ1) is 55.7. The van der Waals surface area contributed by atoms with Crippen molar-refractivity contribution in [1.82, 2.24) is 0 Å². The molecular weight excluding hydrogens is 1480 g/mol. The summed E-state index contributed by atoms with van der Waals surface area (Å²) in [6, 6.07) is 56.8. The highest BCUT2D eigenvalue weighted by atomic mass is 16.7. The van der Waals surface area contributed by atoms with Gasteiger partial charge in [-0.2, -0.15) is 0 Å². The SMILES string of the molecule is CC.CC.CC.CC.CC.CC(C)c1ccc2c(c1)OCO2.CC(C)c1ccc2c(c1)OCO2.CC(C)c1ccc2c(c1)OCO2.CC(C)c1ccc2c(c1)OCO2.CC(C)c1ccc2c(c1)OCO2.COc1cccc(O)c1O.COc1cccc(OC)c1O.Oc1cc(O)c(O)c(O)c1.Oc1ccccc1.Oc1ccccc1O. The highest BCUT2D eigenvalue weighted by Crippen LogP contribution is 2.41. The lowest BCUT2D eigenvalue weighted by Gasteiger charge is -2.06. The van der Waals surface area contributed by atoms with Crippen molar-refractivity contribution in [3.63, 3.8) is 0 Å². The molecule has 0 fully saturated rings. The van der Waals surface area contributed by atoms with Crippen molar-refractivity contribution in [2.45, 2.75) is 168 Å². The standard InChI is InChI=1S/5C10H12O2.C8H10O3.C7H8O3.C6H6O4.C6H6O2.C6H6O.5C2H6/c5*1-7(2)8-3-4-9-10(5-8)12-6-11-9;1-10-6-4-3-5-7(11-2)8(6)9;1-10-6-4-2-3-5(8)7(6)9;7-3-1-4(8)6(10)5(9)2-3;7-5-3-1-2-4-6(5)8;7-6-4-2-1-3-5-6;5*1-2/h5*3-5,7H,6H2,1-2H3;3-5,9H,1-2H3;2-4,8-9H,1H3;1-2,7-10H;1-4,7-8H;1-5,7H;5*1-2H3. The number of phenols is 10. The van der Waals surface area contributed by atoms with Gasteiger partial charge in [-0.25, -0.2) is 0 Å². The molecule has 0 saturated heterocycles. The maximum atomic E-state index is 9.34. The Bertz CT molecular complexity index is 3910. The van der Waals surface area contributed by atoms with Gasteiger partial charge in [-0.1, -0.05) is 211 Å². The molecule has 0 aromatic heterocycles. The van der Waals surface area contributed by atoms with Crippen molar-refractivity contribution in [3.8, 4) is 132 Å². The molecule has 5 aliphatic heterocycles. The Morgan fingerprint density at radius 1 is 0.216 bits per heavy atom. The van der Waals surface area contributed by atoms with Crippen molar-refractivity contribution >= 4 is 0 Å². The first-order valence-corrected chi connectivity index (χ1v) is 38.8. The van der Waals surface area contributed by atoms with Crippen LogP contribution in [0.2, 0.25) is 0 Å². The van der Waals surface area contributed by atoms with Crippen LogP contribution in [0.3, 0.4) is 0 Å². The lowest BCUT2D eigenvalue weighted by molar-refractivity contribution is 0.173. The van der Waals surface area contributed by atoms with E-state index in [0.717, 1.165) is 69.6 Å². The minimum absolute atomic E-state index is 0.0394. The van der Waals surface area contributed by atoms with Gasteiger partial charge in [-0.3, -0.25) is 0 Å². The minimum atomic E-state index is -0.627. The number of para-hydroxylation sites is 5. The van der Waals surface area contributed by atoms with Crippen molar-refractivity contribution in [2.75, 3.05) is 55.3 Å². The summed E-state index contributed by atoms with van der Waals surface area (Å²) in [6.45, 7) is 43.4. The topological polar surface area (TPSA) is 322 Å². The van der Waals surface area contributed by atoms with E-state index in [4.69, 9.17) is 108 Å². The maximum Gasteiger partial charge on any atom is 0.231 e. The van der Waals surface area contributed by atoms with E-state index in [1.165, 1.54) is 67.3 Å². The average Bonchev–Trinajstić information content (AvgIpc) is 1.72. The van der Waals surface area contributed by atoms with Crippen LogP contribution in [-0.2, 0) is 0 Å². The molecule has 116 heavy (non-hydrogen) atoms. The predicted molar refractivity (Wildman–Crippen MR) is 459 cm³/mol. The third kappa shape index (κ3) is 34.9. The zero-order valence-corrected chi connectivity index (χ0v) is 71.7. The summed E-state index contributed by atoms with van der Waals surface area (Å²) in [4.78, 5) is 0. The molecule has 0 unspecified atom stereocenters. The Hall–Kier alpha value is -12.4. The van der Waals surface area contributed by atoms with Gasteiger partial charge in [0.05, 0.1) is 21.3 Å². The summed E-state index contributed by atoms with van der Waals surface area (Å²) in [5, 5.41) is 88.1.